The van der Waals surface area contributed by atoms with Gasteiger partial charge in [0.2, 0.25) is 0 Å². The topological polar surface area (TPSA) is 96.2 Å². The van der Waals surface area contributed by atoms with Crippen LogP contribution in [0.15, 0.2) is 18.2 Å². The average molecular weight is 262 g/mol. The van der Waals surface area contributed by atoms with Gasteiger partial charge in [-0.15, -0.1) is 0 Å². The van der Waals surface area contributed by atoms with Gasteiger partial charge in [-0.3, -0.25) is 10.1 Å². The fourth-order valence-electron chi connectivity index (χ4n) is 1.86. The van der Waals surface area contributed by atoms with Crippen molar-refractivity contribution in [2.45, 2.75) is 20.3 Å². The van der Waals surface area contributed by atoms with E-state index in [4.69, 9.17) is 11.0 Å². The van der Waals surface area contributed by atoms with Crippen molar-refractivity contribution < 1.29 is 4.92 Å². The number of nitrogen functional groups attached to an aromatic ring is 1. The highest BCUT2D eigenvalue weighted by molar-refractivity contribution is 5.62. The molecule has 6 nitrogen and oxygen atoms in total. The molecule has 0 aliphatic heterocycles. The maximum Gasteiger partial charge on any atom is 0.273 e. The van der Waals surface area contributed by atoms with Crippen molar-refractivity contribution in [3.63, 3.8) is 0 Å². The molecule has 0 atom stereocenters. The van der Waals surface area contributed by atoms with E-state index in [9.17, 15) is 10.1 Å². The fourth-order valence-corrected chi connectivity index (χ4v) is 1.86. The van der Waals surface area contributed by atoms with Gasteiger partial charge in [-0.2, -0.15) is 5.26 Å². The Labute approximate surface area is 112 Å². The smallest absolute Gasteiger partial charge is 0.273 e. The Kier molecular flexibility index (Phi) is 5.12. The monoisotopic (exact) mass is 262 g/mol. The zero-order chi connectivity index (χ0) is 14.4. The Morgan fingerprint density at radius 2 is 2.16 bits per heavy atom. The normalized spacial score (nSPS) is 10.2. The number of anilines is 2. The van der Waals surface area contributed by atoms with Crippen LogP contribution >= 0.6 is 0 Å². The molecule has 0 amide bonds. The number of nitro benzene ring substituents is 1. The van der Waals surface area contributed by atoms with E-state index in [2.05, 4.69) is 19.9 Å². The highest BCUT2D eigenvalue weighted by atomic mass is 16.6. The third kappa shape index (κ3) is 4.47. The molecule has 0 aliphatic rings. The van der Waals surface area contributed by atoms with Crippen molar-refractivity contribution in [2.24, 2.45) is 5.92 Å². The number of nitrogens with two attached hydrogens (primary N) is 1. The van der Waals surface area contributed by atoms with Gasteiger partial charge < -0.3 is 10.6 Å². The molecule has 0 spiro atoms. The number of hydrogen-bond donors (Lipinski definition) is 1. The van der Waals surface area contributed by atoms with Crippen molar-refractivity contribution >= 4 is 17.1 Å². The van der Waals surface area contributed by atoms with E-state index in [-0.39, 0.29) is 5.69 Å². The molecular weight excluding hydrogens is 244 g/mol. The van der Waals surface area contributed by atoms with E-state index in [0.717, 1.165) is 6.54 Å². The molecule has 2 N–H and O–H groups in total. The minimum absolute atomic E-state index is 0.0271. The van der Waals surface area contributed by atoms with Crippen LogP contribution in [0.3, 0.4) is 0 Å². The molecule has 102 valence electrons. The lowest BCUT2D eigenvalue weighted by atomic mass is 10.1. The standard InChI is InChI=1S/C13H18N4O2/c1-10(2)9-16(5-3-4-14)12-6-11(15)7-13(8-12)17(18)19/h6-8,10H,3,5,9,15H2,1-2H3. The molecule has 0 bridgehead atoms. The van der Waals surface area contributed by atoms with Gasteiger partial charge in [0.1, 0.15) is 0 Å². The summed E-state index contributed by atoms with van der Waals surface area (Å²) >= 11 is 0. The molecule has 1 aromatic carbocycles. The first-order chi connectivity index (χ1) is 8.93. The SMILES string of the molecule is CC(C)CN(CCC#N)c1cc(N)cc([N+](=O)[O-])c1. The third-order valence-corrected chi connectivity index (χ3v) is 2.58. The quantitative estimate of drug-likeness (QED) is 0.482. The molecule has 0 heterocycles. The highest BCUT2D eigenvalue weighted by Gasteiger charge is 2.14. The Morgan fingerprint density at radius 1 is 1.47 bits per heavy atom. The molecule has 19 heavy (non-hydrogen) atoms. The van der Waals surface area contributed by atoms with Gasteiger partial charge in [0.25, 0.3) is 5.69 Å². The van der Waals surface area contributed by atoms with E-state index >= 15 is 0 Å². The van der Waals surface area contributed by atoms with Crippen LogP contribution in [-0.2, 0) is 0 Å². The number of nitrogens with zero attached hydrogens (tertiary/aromatic N) is 3. The summed E-state index contributed by atoms with van der Waals surface area (Å²) in [6.07, 6.45) is 0.370. The van der Waals surface area contributed by atoms with E-state index < -0.39 is 4.92 Å². The molecule has 1 aromatic rings. The predicted octanol–water partition coefficient (Wildman–Crippen LogP) is 2.55. The highest BCUT2D eigenvalue weighted by Crippen LogP contribution is 2.26. The summed E-state index contributed by atoms with van der Waals surface area (Å²) in [4.78, 5) is 12.3. The molecule has 1 rings (SSSR count). The second-order valence-corrected chi connectivity index (χ2v) is 4.79. The summed E-state index contributed by atoms with van der Waals surface area (Å²) in [6.45, 7) is 5.37. The molecule has 0 fully saturated rings. The maximum absolute atomic E-state index is 10.8. The van der Waals surface area contributed by atoms with Gasteiger partial charge in [-0.25, -0.2) is 0 Å². The van der Waals surface area contributed by atoms with Crippen LogP contribution in [0.25, 0.3) is 0 Å². The van der Waals surface area contributed by atoms with E-state index in [1.807, 2.05) is 4.90 Å². The van der Waals surface area contributed by atoms with Gasteiger partial charge >= 0.3 is 0 Å². The lowest BCUT2D eigenvalue weighted by Gasteiger charge is -2.25. The van der Waals surface area contributed by atoms with Crippen LogP contribution in [0.4, 0.5) is 17.1 Å². The Hall–Kier alpha value is -2.29. The molecule has 0 unspecified atom stereocenters. The summed E-state index contributed by atoms with van der Waals surface area (Å²) < 4.78 is 0. The molecule has 0 aromatic heterocycles. The van der Waals surface area contributed by atoms with Crippen LogP contribution in [0.2, 0.25) is 0 Å². The van der Waals surface area contributed by atoms with Crippen molar-refractivity contribution in [3.05, 3.63) is 28.3 Å². The van der Waals surface area contributed by atoms with Crippen LogP contribution in [0, 0.1) is 27.4 Å². The maximum atomic E-state index is 10.8. The van der Waals surface area contributed by atoms with E-state index in [1.54, 1.807) is 6.07 Å². The molecule has 0 aliphatic carbocycles. The van der Waals surface area contributed by atoms with Crippen molar-refractivity contribution in [1.29, 1.82) is 5.26 Å². The van der Waals surface area contributed by atoms with Crippen LogP contribution in [-0.4, -0.2) is 18.0 Å². The van der Waals surface area contributed by atoms with Gasteiger partial charge in [0.15, 0.2) is 0 Å². The van der Waals surface area contributed by atoms with E-state index in [0.29, 0.717) is 30.3 Å². The predicted molar refractivity (Wildman–Crippen MR) is 74.8 cm³/mol. The zero-order valence-electron chi connectivity index (χ0n) is 11.2. The molecule has 0 saturated heterocycles. The van der Waals surface area contributed by atoms with Crippen LogP contribution in [0.5, 0.6) is 0 Å². The van der Waals surface area contributed by atoms with Gasteiger partial charge in [-0.05, 0) is 12.0 Å². The van der Waals surface area contributed by atoms with E-state index in [1.165, 1.54) is 12.1 Å². The summed E-state index contributed by atoms with van der Waals surface area (Å²) in [6, 6.07) is 6.62. The molecule has 6 heteroatoms. The molecule has 0 saturated carbocycles. The molecule has 0 radical (unpaired) electrons. The van der Waals surface area contributed by atoms with Gasteiger partial charge in [0, 0.05) is 36.6 Å². The Balaban J connectivity index is 3.06. The number of hydrogen-bond acceptors (Lipinski definition) is 5. The number of non-ortho nitro benzene ring substituents is 1. The first-order valence-electron chi connectivity index (χ1n) is 6.11. The summed E-state index contributed by atoms with van der Waals surface area (Å²) in [5.74, 6) is 0.388. The van der Waals surface area contributed by atoms with Crippen molar-refractivity contribution in [2.75, 3.05) is 23.7 Å². The van der Waals surface area contributed by atoms with Crippen LogP contribution in [0.1, 0.15) is 20.3 Å². The summed E-state index contributed by atoms with van der Waals surface area (Å²) in [5, 5.41) is 19.5. The Morgan fingerprint density at radius 3 is 2.68 bits per heavy atom. The largest absolute Gasteiger partial charge is 0.398 e. The number of nitriles is 1. The first kappa shape index (κ1) is 14.8. The number of rotatable bonds is 6. The lowest BCUT2D eigenvalue weighted by Crippen LogP contribution is -2.28. The average Bonchev–Trinajstić information content (AvgIpc) is 2.33. The summed E-state index contributed by atoms with van der Waals surface area (Å²) in [5.41, 5.74) is 6.72. The van der Waals surface area contributed by atoms with Gasteiger partial charge in [0.05, 0.1) is 17.4 Å². The Bertz CT molecular complexity index is 494. The zero-order valence-corrected chi connectivity index (χ0v) is 11.2. The number of benzene rings is 1. The summed E-state index contributed by atoms with van der Waals surface area (Å²) in [7, 11) is 0. The first-order valence-corrected chi connectivity index (χ1v) is 6.11. The molecular formula is C13H18N4O2. The lowest BCUT2D eigenvalue weighted by molar-refractivity contribution is -0.384. The second kappa shape index (κ2) is 6.59. The minimum Gasteiger partial charge on any atom is -0.398 e. The van der Waals surface area contributed by atoms with Crippen molar-refractivity contribution in [1.82, 2.24) is 0 Å². The van der Waals surface area contributed by atoms with Crippen molar-refractivity contribution in [3.8, 4) is 6.07 Å². The fraction of sp³-hybridized carbons (Fsp3) is 0.462. The third-order valence-electron chi connectivity index (χ3n) is 2.58. The second-order valence-electron chi connectivity index (χ2n) is 4.79. The van der Waals surface area contributed by atoms with Crippen LogP contribution < -0.4 is 10.6 Å². The minimum atomic E-state index is -0.461. The number of nitro groups is 1. The van der Waals surface area contributed by atoms with Gasteiger partial charge in [-0.1, -0.05) is 13.8 Å².